The van der Waals surface area contributed by atoms with Gasteiger partial charge in [-0.1, -0.05) is 6.07 Å². The first-order valence-electron chi connectivity index (χ1n) is 5.99. The average molecular weight is 273 g/mol. The quantitative estimate of drug-likeness (QED) is 0.711. The molecule has 5 N–H and O–H groups in total. The Morgan fingerprint density at radius 1 is 1.40 bits per heavy atom. The number of nitrogens with zero attached hydrogens (tertiary/aromatic N) is 2. The van der Waals surface area contributed by atoms with E-state index in [2.05, 4.69) is 10.3 Å². The molecular weight excluding hydrogens is 258 g/mol. The third-order valence-corrected chi connectivity index (χ3v) is 2.67. The molecule has 7 nitrogen and oxygen atoms in total. The van der Waals surface area contributed by atoms with E-state index in [0.717, 1.165) is 5.69 Å². The molecule has 1 aromatic carbocycles. The van der Waals surface area contributed by atoms with Crippen LogP contribution >= 0.6 is 0 Å². The summed E-state index contributed by atoms with van der Waals surface area (Å²) in [5, 5.41) is 2.64. The van der Waals surface area contributed by atoms with Crippen molar-refractivity contribution in [1.29, 1.82) is 0 Å². The molecule has 20 heavy (non-hydrogen) atoms. The van der Waals surface area contributed by atoms with Crippen LogP contribution in [0.4, 0.5) is 5.69 Å². The van der Waals surface area contributed by atoms with Gasteiger partial charge in [0.1, 0.15) is 0 Å². The van der Waals surface area contributed by atoms with E-state index in [9.17, 15) is 9.59 Å². The number of anilines is 1. The molecule has 2 rings (SSSR count). The number of hydrogen-bond acceptors (Lipinski definition) is 4. The summed E-state index contributed by atoms with van der Waals surface area (Å²) >= 11 is 0. The van der Waals surface area contributed by atoms with Crippen LogP contribution in [0, 0.1) is 0 Å². The molecule has 7 heteroatoms. The van der Waals surface area contributed by atoms with Crippen molar-refractivity contribution in [2.45, 2.75) is 12.5 Å². The zero-order valence-corrected chi connectivity index (χ0v) is 10.7. The summed E-state index contributed by atoms with van der Waals surface area (Å²) in [4.78, 5) is 26.5. The second-order valence-electron chi connectivity index (χ2n) is 4.29. The average Bonchev–Trinajstić information content (AvgIpc) is 2.92. The largest absolute Gasteiger partial charge is 0.370 e. The molecule has 1 aromatic heterocycles. The number of imidazole rings is 1. The third-order valence-electron chi connectivity index (χ3n) is 2.67. The fourth-order valence-corrected chi connectivity index (χ4v) is 1.70. The van der Waals surface area contributed by atoms with Crippen molar-refractivity contribution < 1.29 is 9.59 Å². The molecule has 1 atom stereocenters. The molecule has 104 valence electrons. The minimum atomic E-state index is -0.954. The van der Waals surface area contributed by atoms with Crippen LogP contribution in [0.2, 0.25) is 0 Å². The highest BCUT2D eigenvalue weighted by Gasteiger charge is 2.16. The van der Waals surface area contributed by atoms with E-state index >= 15 is 0 Å². The lowest BCUT2D eigenvalue weighted by molar-refractivity contribution is -0.123. The van der Waals surface area contributed by atoms with Crippen LogP contribution in [0.1, 0.15) is 6.42 Å². The Balaban J connectivity index is 2.08. The number of nitrogens with one attached hydrogen (secondary N) is 1. The van der Waals surface area contributed by atoms with E-state index in [0.29, 0.717) is 5.69 Å². The minimum Gasteiger partial charge on any atom is -0.370 e. The van der Waals surface area contributed by atoms with Gasteiger partial charge in [0.2, 0.25) is 11.8 Å². The summed E-state index contributed by atoms with van der Waals surface area (Å²) in [5.41, 5.74) is 12.0. The number of benzene rings is 1. The van der Waals surface area contributed by atoms with Crippen molar-refractivity contribution in [3.63, 3.8) is 0 Å². The topological polar surface area (TPSA) is 116 Å². The van der Waals surface area contributed by atoms with Crippen molar-refractivity contribution in [3.05, 3.63) is 43.0 Å². The summed E-state index contributed by atoms with van der Waals surface area (Å²) in [6.45, 7) is 0. The highest BCUT2D eigenvalue weighted by Crippen LogP contribution is 2.14. The second kappa shape index (κ2) is 5.98. The Bertz CT molecular complexity index is 609. The van der Waals surface area contributed by atoms with Gasteiger partial charge >= 0.3 is 0 Å². The molecule has 0 aliphatic carbocycles. The lowest BCUT2D eigenvalue weighted by Crippen LogP contribution is -2.38. The van der Waals surface area contributed by atoms with Gasteiger partial charge in [-0.25, -0.2) is 4.98 Å². The van der Waals surface area contributed by atoms with Gasteiger partial charge in [0.15, 0.2) is 0 Å². The van der Waals surface area contributed by atoms with Gasteiger partial charge in [0.05, 0.1) is 18.8 Å². The molecule has 0 saturated heterocycles. The van der Waals surface area contributed by atoms with E-state index in [1.807, 2.05) is 6.07 Å². The molecule has 0 radical (unpaired) electrons. The summed E-state index contributed by atoms with van der Waals surface area (Å²) < 4.78 is 1.80. The maximum absolute atomic E-state index is 11.8. The Morgan fingerprint density at radius 2 is 2.20 bits per heavy atom. The zero-order valence-electron chi connectivity index (χ0n) is 10.7. The van der Waals surface area contributed by atoms with Crippen molar-refractivity contribution >= 4 is 17.5 Å². The number of hydrogen-bond donors (Lipinski definition) is 3. The number of aromatic nitrogens is 2. The standard InChI is InChI=1S/C13H15N5O2/c14-11(7-12(15)19)13(20)17-9-2-1-3-10(6-9)18-5-4-16-8-18/h1-6,8,11H,7,14H2,(H2,15,19)(H,17,20). The lowest BCUT2D eigenvalue weighted by Gasteiger charge is -2.11. The molecule has 0 aliphatic rings. The molecule has 1 heterocycles. The van der Waals surface area contributed by atoms with E-state index in [4.69, 9.17) is 11.5 Å². The molecular formula is C13H15N5O2. The highest BCUT2D eigenvalue weighted by atomic mass is 16.2. The molecule has 2 aromatic rings. The second-order valence-corrected chi connectivity index (χ2v) is 4.29. The predicted octanol–water partition coefficient (Wildman–Crippen LogP) is 0.0135. The molecule has 2 amide bonds. The number of carbonyl (C=O) groups is 2. The molecule has 0 spiro atoms. The van der Waals surface area contributed by atoms with Crippen LogP contribution in [0.15, 0.2) is 43.0 Å². The van der Waals surface area contributed by atoms with Gasteiger partial charge in [0.25, 0.3) is 0 Å². The number of amides is 2. The van der Waals surface area contributed by atoms with E-state index in [-0.39, 0.29) is 6.42 Å². The Hall–Kier alpha value is -2.67. The Kier molecular flexibility index (Phi) is 4.11. The third kappa shape index (κ3) is 3.42. The number of primary amides is 1. The van der Waals surface area contributed by atoms with Gasteiger partial charge in [0, 0.05) is 23.8 Å². The predicted molar refractivity (Wildman–Crippen MR) is 74.0 cm³/mol. The van der Waals surface area contributed by atoms with Gasteiger partial charge in [-0.3, -0.25) is 9.59 Å². The van der Waals surface area contributed by atoms with Crippen LogP contribution in [-0.2, 0) is 9.59 Å². The lowest BCUT2D eigenvalue weighted by atomic mass is 10.2. The van der Waals surface area contributed by atoms with E-state index in [1.54, 1.807) is 41.5 Å². The normalized spacial score (nSPS) is 11.8. The fourth-order valence-electron chi connectivity index (χ4n) is 1.70. The molecule has 0 saturated carbocycles. The Morgan fingerprint density at radius 3 is 2.85 bits per heavy atom. The molecule has 0 fully saturated rings. The van der Waals surface area contributed by atoms with E-state index in [1.165, 1.54) is 0 Å². The highest BCUT2D eigenvalue weighted by molar-refractivity contribution is 5.97. The number of rotatable bonds is 5. The summed E-state index contributed by atoms with van der Waals surface area (Å²) in [5.74, 6) is -1.06. The van der Waals surface area contributed by atoms with Crippen molar-refractivity contribution in [2.75, 3.05) is 5.32 Å². The molecule has 1 unspecified atom stereocenters. The first-order valence-corrected chi connectivity index (χ1v) is 5.99. The molecule has 0 bridgehead atoms. The maximum atomic E-state index is 11.8. The van der Waals surface area contributed by atoms with Crippen molar-refractivity contribution in [2.24, 2.45) is 11.5 Å². The molecule has 0 aliphatic heterocycles. The van der Waals surface area contributed by atoms with Crippen LogP contribution in [0.25, 0.3) is 5.69 Å². The van der Waals surface area contributed by atoms with Gasteiger partial charge in [-0.15, -0.1) is 0 Å². The zero-order chi connectivity index (χ0) is 14.5. The fraction of sp³-hybridized carbons (Fsp3) is 0.154. The van der Waals surface area contributed by atoms with E-state index < -0.39 is 17.9 Å². The van der Waals surface area contributed by atoms with Crippen LogP contribution < -0.4 is 16.8 Å². The Labute approximate surface area is 115 Å². The minimum absolute atomic E-state index is 0.187. The van der Waals surface area contributed by atoms with Crippen LogP contribution in [-0.4, -0.2) is 27.4 Å². The first kappa shape index (κ1) is 13.8. The first-order chi connectivity index (χ1) is 9.56. The summed E-state index contributed by atoms with van der Waals surface area (Å²) in [6, 6.07) is 6.22. The van der Waals surface area contributed by atoms with Gasteiger partial charge < -0.3 is 21.4 Å². The van der Waals surface area contributed by atoms with Crippen LogP contribution in [0.3, 0.4) is 0 Å². The summed E-state index contributed by atoms with van der Waals surface area (Å²) in [6.07, 6.45) is 4.92. The number of nitrogens with two attached hydrogens (primary N) is 2. The number of carbonyl (C=O) groups excluding carboxylic acids is 2. The van der Waals surface area contributed by atoms with Crippen LogP contribution in [0.5, 0.6) is 0 Å². The van der Waals surface area contributed by atoms with Crippen molar-refractivity contribution in [3.8, 4) is 5.69 Å². The smallest absolute Gasteiger partial charge is 0.241 e. The van der Waals surface area contributed by atoms with Crippen molar-refractivity contribution in [1.82, 2.24) is 9.55 Å². The van der Waals surface area contributed by atoms with Gasteiger partial charge in [-0.05, 0) is 18.2 Å². The monoisotopic (exact) mass is 273 g/mol. The maximum Gasteiger partial charge on any atom is 0.241 e. The SMILES string of the molecule is NC(=O)CC(N)C(=O)Nc1cccc(-n2ccnc2)c1. The van der Waals surface area contributed by atoms with Gasteiger partial charge in [-0.2, -0.15) is 0 Å². The summed E-state index contributed by atoms with van der Waals surface area (Å²) in [7, 11) is 0.